The lowest BCUT2D eigenvalue weighted by atomic mass is 10.1. The van der Waals surface area contributed by atoms with Crippen LogP contribution in [0.5, 0.6) is 11.5 Å². The first-order valence-electron chi connectivity index (χ1n) is 7.97. The molecule has 0 bridgehead atoms. The normalized spacial score (nSPS) is 14.7. The largest absolute Gasteiger partial charge is 0.486 e. The molecule has 4 nitrogen and oxygen atoms in total. The zero-order valence-corrected chi connectivity index (χ0v) is 13.3. The Morgan fingerprint density at radius 3 is 2.57 bits per heavy atom. The second-order valence-corrected chi connectivity index (χ2v) is 5.36. The molecule has 1 aromatic carbocycles. The molecule has 0 saturated carbocycles. The summed E-state index contributed by atoms with van der Waals surface area (Å²) in [4.78, 5) is 0. The van der Waals surface area contributed by atoms with Crippen LogP contribution >= 0.6 is 0 Å². The topological polar surface area (TPSA) is 58.9 Å². The zero-order valence-electron chi connectivity index (χ0n) is 13.3. The molecule has 2 rings (SSSR count). The molecular weight excluding hydrogens is 292 g/mol. The molecule has 0 amide bonds. The molecule has 1 aliphatic rings. The molecule has 0 radical (unpaired) electrons. The molecule has 0 saturated heterocycles. The number of hydrogen-bond acceptors (Lipinski definition) is 4. The van der Waals surface area contributed by atoms with E-state index in [4.69, 9.17) is 9.47 Å². The van der Waals surface area contributed by atoms with Gasteiger partial charge in [-0.05, 0) is 42.4 Å². The Labute approximate surface area is 137 Å². The summed E-state index contributed by atoms with van der Waals surface area (Å²) in [6, 6.07) is 5.23. The molecule has 4 heteroatoms. The Hall–Kier alpha value is -2.14. The molecule has 0 fully saturated rings. The van der Waals surface area contributed by atoms with Crippen LogP contribution in [0, 0.1) is 23.7 Å². The average molecular weight is 314 g/mol. The molecule has 23 heavy (non-hydrogen) atoms. The highest BCUT2D eigenvalue weighted by molar-refractivity contribution is 5.46. The van der Waals surface area contributed by atoms with E-state index in [0.717, 1.165) is 19.3 Å². The zero-order chi connectivity index (χ0) is 16.5. The Morgan fingerprint density at radius 1 is 1.04 bits per heavy atom. The highest BCUT2D eigenvalue weighted by Gasteiger charge is 2.14. The Balaban J connectivity index is 1.91. The fourth-order valence-electron chi connectivity index (χ4n) is 2.20. The van der Waals surface area contributed by atoms with Crippen molar-refractivity contribution in [3.63, 3.8) is 0 Å². The van der Waals surface area contributed by atoms with Crippen LogP contribution in [0.2, 0.25) is 0 Å². The Kier molecular flexibility index (Phi) is 6.81. The van der Waals surface area contributed by atoms with Crippen LogP contribution in [-0.2, 0) is 0 Å². The highest BCUT2D eigenvalue weighted by atomic mass is 16.6. The van der Waals surface area contributed by atoms with E-state index in [9.17, 15) is 10.2 Å². The summed E-state index contributed by atoms with van der Waals surface area (Å²) in [5.41, 5.74) is 0.632. The second kappa shape index (κ2) is 9.10. The van der Waals surface area contributed by atoms with Crippen molar-refractivity contribution in [1.82, 2.24) is 0 Å². The van der Waals surface area contributed by atoms with Crippen LogP contribution in [0.4, 0.5) is 0 Å². The molecule has 0 aliphatic carbocycles. The molecule has 1 aromatic rings. The minimum absolute atomic E-state index is 0.500. The number of aliphatic hydroxyl groups is 2. The van der Waals surface area contributed by atoms with Crippen LogP contribution in [0.25, 0.3) is 0 Å². The summed E-state index contributed by atoms with van der Waals surface area (Å²) in [6.07, 6.45) is 2.22. The lowest BCUT2D eigenvalue weighted by Gasteiger charge is -2.19. The van der Waals surface area contributed by atoms with Crippen molar-refractivity contribution in [2.45, 2.75) is 44.8 Å². The Morgan fingerprint density at radius 2 is 1.78 bits per heavy atom. The maximum absolute atomic E-state index is 10.1. The first-order chi connectivity index (χ1) is 11.2. The fourth-order valence-corrected chi connectivity index (χ4v) is 2.20. The predicted molar refractivity (Wildman–Crippen MR) is 88.1 cm³/mol. The number of rotatable bonds is 5. The van der Waals surface area contributed by atoms with Gasteiger partial charge in [0.1, 0.15) is 25.4 Å². The number of ether oxygens (including phenoxy) is 2. The van der Waals surface area contributed by atoms with Crippen LogP contribution in [-0.4, -0.2) is 29.5 Å². The Bertz CT molecular complexity index is 630. The van der Waals surface area contributed by atoms with E-state index < -0.39 is 12.2 Å². The maximum Gasteiger partial charge on any atom is 0.161 e. The van der Waals surface area contributed by atoms with Gasteiger partial charge < -0.3 is 19.7 Å². The van der Waals surface area contributed by atoms with Crippen LogP contribution in [0.3, 0.4) is 0 Å². The summed E-state index contributed by atoms with van der Waals surface area (Å²) >= 11 is 0. The summed E-state index contributed by atoms with van der Waals surface area (Å²) in [5.74, 6) is 11.8. The standard InChI is InChI=1S/C19H22O4/c1-2-3-4-7-16(20)8-5-6-9-17(21)15-10-11-18-19(14-15)23-13-12-22-18/h10-11,14,16-17,20-21H,2-4,7,12-13H2,1H3. The lowest BCUT2D eigenvalue weighted by Crippen LogP contribution is -2.15. The van der Waals surface area contributed by atoms with Crippen molar-refractivity contribution in [2.24, 2.45) is 0 Å². The van der Waals surface area contributed by atoms with E-state index >= 15 is 0 Å². The highest BCUT2D eigenvalue weighted by Crippen LogP contribution is 2.32. The number of hydrogen-bond donors (Lipinski definition) is 2. The van der Waals surface area contributed by atoms with Crippen molar-refractivity contribution in [1.29, 1.82) is 0 Å². The number of benzene rings is 1. The molecule has 1 heterocycles. The molecule has 2 unspecified atom stereocenters. The van der Waals surface area contributed by atoms with E-state index in [0.29, 0.717) is 36.7 Å². The third kappa shape index (κ3) is 5.53. The van der Waals surface area contributed by atoms with E-state index in [1.807, 2.05) is 0 Å². The van der Waals surface area contributed by atoms with Gasteiger partial charge in [-0.25, -0.2) is 0 Å². The van der Waals surface area contributed by atoms with Gasteiger partial charge in [-0.15, -0.1) is 0 Å². The average Bonchev–Trinajstić information content (AvgIpc) is 2.58. The van der Waals surface area contributed by atoms with E-state index in [-0.39, 0.29) is 0 Å². The number of fused-ring (bicyclic) bond motifs is 1. The van der Waals surface area contributed by atoms with Gasteiger partial charge in [0.25, 0.3) is 0 Å². The van der Waals surface area contributed by atoms with Gasteiger partial charge in [0.2, 0.25) is 0 Å². The van der Waals surface area contributed by atoms with Gasteiger partial charge in [-0.3, -0.25) is 0 Å². The number of aliphatic hydroxyl groups excluding tert-OH is 2. The third-order valence-electron chi connectivity index (χ3n) is 3.47. The molecule has 0 spiro atoms. The third-order valence-corrected chi connectivity index (χ3v) is 3.47. The van der Waals surface area contributed by atoms with Crippen molar-refractivity contribution in [2.75, 3.05) is 13.2 Å². The van der Waals surface area contributed by atoms with E-state index in [1.54, 1.807) is 18.2 Å². The summed E-state index contributed by atoms with van der Waals surface area (Å²) in [7, 11) is 0. The van der Waals surface area contributed by atoms with Crippen molar-refractivity contribution < 1.29 is 19.7 Å². The molecular formula is C19H22O4. The van der Waals surface area contributed by atoms with Crippen molar-refractivity contribution in [3.05, 3.63) is 23.8 Å². The van der Waals surface area contributed by atoms with Crippen molar-refractivity contribution >= 4 is 0 Å². The van der Waals surface area contributed by atoms with Gasteiger partial charge in [-0.1, -0.05) is 37.7 Å². The summed E-state index contributed by atoms with van der Waals surface area (Å²) < 4.78 is 10.9. The SMILES string of the molecule is CCCCCC(O)C#CC#CC(O)c1ccc2c(c1)OCCO2. The quantitative estimate of drug-likeness (QED) is 0.647. The summed E-state index contributed by atoms with van der Waals surface area (Å²) in [6.45, 7) is 3.15. The number of unbranched alkanes of at least 4 members (excludes halogenated alkanes) is 2. The van der Waals surface area contributed by atoms with Crippen LogP contribution in [0.15, 0.2) is 18.2 Å². The molecule has 0 aromatic heterocycles. The molecule has 122 valence electrons. The first-order valence-corrected chi connectivity index (χ1v) is 7.97. The monoisotopic (exact) mass is 314 g/mol. The van der Waals surface area contributed by atoms with Gasteiger partial charge in [-0.2, -0.15) is 0 Å². The minimum atomic E-state index is -0.947. The fraction of sp³-hybridized carbons (Fsp3) is 0.474. The smallest absolute Gasteiger partial charge is 0.161 e. The van der Waals surface area contributed by atoms with Gasteiger partial charge in [0.05, 0.1) is 0 Å². The van der Waals surface area contributed by atoms with Crippen LogP contribution < -0.4 is 9.47 Å². The maximum atomic E-state index is 10.1. The van der Waals surface area contributed by atoms with Crippen LogP contribution in [0.1, 0.15) is 44.3 Å². The van der Waals surface area contributed by atoms with E-state index in [2.05, 4.69) is 30.6 Å². The van der Waals surface area contributed by atoms with Gasteiger partial charge in [0.15, 0.2) is 11.5 Å². The molecule has 2 N–H and O–H groups in total. The molecule has 2 atom stereocenters. The van der Waals surface area contributed by atoms with E-state index in [1.165, 1.54) is 0 Å². The first kappa shape index (κ1) is 17.2. The predicted octanol–water partition coefficient (Wildman–Crippen LogP) is 2.44. The second-order valence-electron chi connectivity index (χ2n) is 5.36. The molecule has 1 aliphatic heterocycles. The lowest BCUT2D eigenvalue weighted by molar-refractivity contribution is 0.170. The minimum Gasteiger partial charge on any atom is -0.486 e. The van der Waals surface area contributed by atoms with Gasteiger partial charge in [0, 0.05) is 0 Å². The summed E-state index contributed by atoms with van der Waals surface area (Å²) in [5, 5.41) is 19.7. The van der Waals surface area contributed by atoms with Crippen molar-refractivity contribution in [3.8, 4) is 35.2 Å². The van der Waals surface area contributed by atoms with Gasteiger partial charge >= 0.3 is 0 Å².